The summed E-state index contributed by atoms with van der Waals surface area (Å²) in [6, 6.07) is 10.4. The van der Waals surface area contributed by atoms with E-state index in [2.05, 4.69) is 44.6 Å². The van der Waals surface area contributed by atoms with Crippen LogP contribution >= 0.6 is 0 Å². The molecule has 2 heterocycles. The number of fused-ring (bicyclic) bond motifs is 2. The second-order valence-electron chi connectivity index (χ2n) is 9.32. The van der Waals surface area contributed by atoms with Crippen molar-refractivity contribution < 1.29 is 4.79 Å². The molecule has 7 nitrogen and oxygen atoms in total. The van der Waals surface area contributed by atoms with E-state index in [-0.39, 0.29) is 11.9 Å². The van der Waals surface area contributed by atoms with Gasteiger partial charge in [-0.1, -0.05) is 37.3 Å². The lowest BCUT2D eigenvalue weighted by Crippen LogP contribution is -2.25. The molecule has 0 saturated heterocycles. The number of hydrogen-bond donors (Lipinski definition) is 2. The predicted octanol–water partition coefficient (Wildman–Crippen LogP) is 3.13. The monoisotopic (exact) mass is 404 g/mol. The van der Waals surface area contributed by atoms with Crippen LogP contribution in [0.2, 0.25) is 0 Å². The van der Waals surface area contributed by atoms with Gasteiger partial charge in [-0.3, -0.25) is 14.6 Å². The fraction of sp³-hybridized carbons (Fsp3) is 0.435. The fourth-order valence-corrected chi connectivity index (χ4v) is 4.77. The Hall–Kier alpha value is -2.93. The zero-order chi connectivity index (χ0) is 20.9. The summed E-state index contributed by atoms with van der Waals surface area (Å²) in [4.78, 5) is 15.1. The van der Waals surface area contributed by atoms with Gasteiger partial charge in [0.1, 0.15) is 0 Å². The molecule has 1 saturated carbocycles. The van der Waals surface area contributed by atoms with Crippen molar-refractivity contribution in [2.45, 2.75) is 32.2 Å². The molecule has 0 radical (unpaired) electrons. The number of likely N-dealkylation sites (N-methyl/N-ethyl adjacent to an activating group) is 1. The number of carbonyl (C=O) groups is 1. The molecular formula is C23H28N6O. The second kappa shape index (κ2) is 7.09. The number of nitrogens with zero attached hydrogens (tertiary/aromatic N) is 4. The molecule has 156 valence electrons. The van der Waals surface area contributed by atoms with Crippen molar-refractivity contribution in [1.82, 2.24) is 24.9 Å². The number of aromatic amines is 1. The van der Waals surface area contributed by atoms with Gasteiger partial charge in [-0.15, -0.1) is 0 Å². The average molecular weight is 405 g/mol. The molecule has 2 aliphatic rings. The van der Waals surface area contributed by atoms with Crippen LogP contribution in [0.1, 0.15) is 46.7 Å². The second-order valence-corrected chi connectivity index (χ2v) is 9.32. The number of carbonyl (C=O) groups excluding carboxylic acids is 1. The molecule has 1 amide bonds. The van der Waals surface area contributed by atoms with E-state index in [4.69, 9.17) is 0 Å². The fourth-order valence-electron chi connectivity index (χ4n) is 4.77. The molecule has 1 aromatic carbocycles. The Labute approximate surface area is 176 Å². The molecule has 3 unspecified atom stereocenters. The van der Waals surface area contributed by atoms with Gasteiger partial charge in [0.05, 0.1) is 17.9 Å². The van der Waals surface area contributed by atoms with Crippen molar-refractivity contribution in [2.75, 3.05) is 26.0 Å². The first kappa shape index (κ1) is 19.1. The summed E-state index contributed by atoms with van der Waals surface area (Å²) >= 11 is 0. The number of nitrogens with one attached hydrogen (secondary N) is 2. The Morgan fingerprint density at radius 1 is 1.37 bits per heavy atom. The lowest BCUT2D eigenvalue weighted by Gasteiger charge is -2.22. The van der Waals surface area contributed by atoms with Crippen molar-refractivity contribution in [3.8, 4) is 0 Å². The molecule has 0 bridgehead atoms. The summed E-state index contributed by atoms with van der Waals surface area (Å²) in [5.74, 6) is 0.523. The maximum Gasteiger partial charge on any atom is 0.276 e. The Bertz CT molecular complexity index is 1070. The summed E-state index contributed by atoms with van der Waals surface area (Å²) < 4.78 is 1.92. The molecule has 0 spiro atoms. The van der Waals surface area contributed by atoms with Crippen molar-refractivity contribution in [1.29, 1.82) is 0 Å². The number of benzene rings is 1. The highest BCUT2D eigenvalue weighted by molar-refractivity contribution is 6.04. The Kier molecular flexibility index (Phi) is 4.50. The first-order valence-corrected chi connectivity index (χ1v) is 10.5. The third-order valence-electron chi connectivity index (χ3n) is 6.64. The molecular weight excluding hydrogens is 376 g/mol. The minimum Gasteiger partial charge on any atom is -0.318 e. The van der Waals surface area contributed by atoms with Gasteiger partial charge in [0.2, 0.25) is 0 Å². The third-order valence-corrected chi connectivity index (χ3v) is 6.64. The molecule has 3 atom stereocenters. The molecule has 2 aliphatic carbocycles. The highest BCUT2D eigenvalue weighted by Crippen LogP contribution is 2.59. The van der Waals surface area contributed by atoms with Crippen LogP contribution in [0, 0.1) is 11.3 Å². The van der Waals surface area contributed by atoms with Crippen molar-refractivity contribution >= 4 is 11.6 Å². The highest BCUT2D eigenvalue weighted by Gasteiger charge is 2.53. The van der Waals surface area contributed by atoms with Crippen LogP contribution in [0.3, 0.4) is 0 Å². The summed E-state index contributed by atoms with van der Waals surface area (Å²) in [6.45, 7) is 3.14. The topological polar surface area (TPSA) is 78.8 Å². The smallest absolute Gasteiger partial charge is 0.276 e. The van der Waals surface area contributed by atoms with E-state index in [1.54, 1.807) is 6.20 Å². The average Bonchev–Trinajstić information content (AvgIpc) is 3.03. The number of rotatable bonds is 6. The lowest BCUT2D eigenvalue weighted by molar-refractivity contribution is 0.102. The van der Waals surface area contributed by atoms with Crippen LogP contribution in [0.25, 0.3) is 0 Å². The van der Waals surface area contributed by atoms with Crippen molar-refractivity contribution in [2.24, 2.45) is 11.3 Å². The molecule has 5 rings (SSSR count). The maximum absolute atomic E-state index is 12.9. The van der Waals surface area contributed by atoms with Crippen LogP contribution in [0.15, 0.2) is 42.7 Å². The number of hydrogen-bond acceptors (Lipinski definition) is 4. The normalized spacial score (nSPS) is 23.0. The Morgan fingerprint density at radius 2 is 2.17 bits per heavy atom. The first-order chi connectivity index (χ1) is 14.4. The van der Waals surface area contributed by atoms with E-state index in [0.717, 1.165) is 30.6 Å². The number of H-pyrrole nitrogens is 1. The summed E-state index contributed by atoms with van der Waals surface area (Å²) in [5, 5.41) is 15.0. The van der Waals surface area contributed by atoms with E-state index in [1.807, 2.05) is 43.2 Å². The lowest BCUT2D eigenvalue weighted by atomic mass is 9.87. The highest BCUT2D eigenvalue weighted by atomic mass is 16.2. The van der Waals surface area contributed by atoms with Gasteiger partial charge >= 0.3 is 0 Å². The Morgan fingerprint density at radius 3 is 2.93 bits per heavy atom. The van der Waals surface area contributed by atoms with Crippen LogP contribution < -0.4 is 5.32 Å². The largest absolute Gasteiger partial charge is 0.318 e. The maximum atomic E-state index is 12.9. The van der Waals surface area contributed by atoms with E-state index < -0.39 is 0 Å². The van der Waals surface area contributed by atoms with Crippen molar-refractivity contribution in [3.63, 3.8) is 0 Å². The number of amides is 1. The third kappa shape index (κ3) is 3.43. The van der Waals surface area contributed by atoms with E-state index in [0.29, 0.717) is 22.7 Å². The van der Waals surface area contributed by atoms with E-state index in [1.165, 1.54) is 12.0 Å². The minimum absolute atomic E-state index is 0.0672. The summed E-state index contributed by atoms with van der Waals surface area (Å²) in [6.07, 6.45) is 6.80. The zero-order valence-electron chi connectivity index (χ0n) is 17.7. The number of anilines is 1. The SMILES string of the molecule is CN(C)CC(c1ccccc1)n1cc(NC(=O)c2n[nH]c3c2CC2CC2(C)C3)cn1. The van der Waals surface area contributed by atoms with Gasteiger partial charge in [0, 0.05) is 24.0 Å². The molecule has 1 fully saturated rings. The van der Waals surface area contributed by atoms with Gasteiger partial charge in [-0.25, -0.2) is 0 Å². The van der Waals surface area contributed by atoms with Crippen molar-refractivity contribution in [3.05, 3.63) is 65.2 Å². The standard InChI is InChI=1S/C23H28N6O/c1-23-10-16(23)9-18-19(11-23)26-27-21(18)22(30)25-17-12-24-29(13-17)20(14-28(2)3)15-7-5-4-6-8-15/h4-8,12-13,16,20H,9-11,14H2,1-3H3,(H,25,30)(H,26,27). The molecule has 3 aromatic rings. The van der Waals surface area contributed by atoms with Crippen LogP contribution in [0.4, 0.5) is 5.69 Å². The molecule has 30 heavy (non-hydrogen) atoms. The molecule has 2 N–H and O–H groups in total. The minimum atomic E-state index is -0.167. The van der Waals surface area contributed by atoms with Gasteiger partial charge in [0.25, 0.3) is 5.91 Å². The molecule has 7 heteroatoms. The predicted molar refractivity (Wildman–Crippen MR) is 116 cm³/mol. The van der Waals surface area contributed by atoms with Gasteiger partial charge in [0.15, 0.2) is 5.69 Å². The van der Waals surface area contributed by atoms with E-state index in [9.17, 15) is 4.79 Å². The van der Waals surface area contributed by atoms with Gasteiger partial charge < -0.3 is 10.2 Å². The molecule has 0 aliphatic heterocycles. The summed E-state index contributed by atoms with van der Waals surface area (Å²) in [5.41, 5.74) is 5.02. The van der Waals surface area contributed by atoms with Crippen LogP contribution in [0.5, 0.6) is 0 Å². The van der Waals surface area contributed by atoms with Gasteiger partial charge in [-0.05, 0) is 50.3 Å². The van der Waals surface area contributed by atoms with Gasteiger partial charge in [-0.2, -0.15) is 10.2 Å². The van der Waals surface area contributed by atoms with Crippen LogP contribution in [-0.2, 0) is 12.8 Å². The van der Waals surface area contributed by atoms with E-state index >= 15 is 0 Å². The number of aromatic nitrogens is 4. The Balaban J connectivity index is 1.34. The first-order valence-electron chi connectivity index (χ1n) is 10.5. The molecule has 2 aromatic heterocycles. The summed E-state index contributed by atoms with van der Waals surface area (Å²) in [7, 11) is 4.10. The van der Waals surface area contributed by atoms with Crippen LogP contribution in [-0.4, -0.2) is 51.4 Å². The quantitative estimate of drug-likeness (QED) is 0.662. The zero-order valence-corrected chi connectivity index (χ0v) is 17.7.